The summed E-state index contributed by atoms with van der Waals surface area (Å²) in [4.78, 5) is 22.5. The molecule has 1 amide bonds. The number of amides is 1. The number of carbonyl (C=O) groups excluding carboxylic acids is 1. The second kappa shape index (κ2) is 7.03. The summed E-state index contributed by atoms with van der Waals surface area (Å²) in [5, 5.41) is 4.21. The Balaban J connectivity index is 1.74. The summed E-state index contributed by atoms with van der Waals surface area (Å²) < 4.78 is 30.2. The van der Waals surface area contributed by atoms with Gasteiger partial charge in [-0.15, -0.1) is 5.10 Å². The second-order valence-electron chi connectivity index (χ2n) is 5.87. The highest BCUT2D eigenvalue weighted by Crippen LogP contribution is 2.16. The molecule has 0 saturated heterocycles. The van der Waals surface area contributed by atoms with Gasteiger partial charge in [-0.2, -0.15) is 13.8 Å². The van der Waals surface area contributed by atoms with E-state index < -0.39 is 6.61 Å². The van der Waals surface area contributed by atoms with Gasteiger partial charge < -0.3 is 9.64 Å². The Morgan fingerprint density at radius 3 is 2.58 bits per heavy atom. The highest BCUT2D eigenvalue weighted by Gasteiger charge is 2.19. The molecule has 3 rings (SSSR count). The van der Waals surface area contributed by atoms with E-state index in [9.17, 15) is 13.6 Å². The molecule has 0 spiro atoms. The van der Waals surface area contributed by atoms with Gasteiger partial charge in [0.15, 0.2) is 0 Å². The van der Waals surface area contributed by atoms with Gasteiger partial charge in [-0.25, -0.2) is 9.50 Å². The summed E-state index contributed by atoms with van der Waals surface area (Å²) >= 11 is 0. The number of aromatic nitrogens is 4. The zero-order valence-corrected chi connectivity index (χ0v) is 14.5. The fourth-order valence-electron chi connectivity index (χ4n) is 2.55. The lowest BCUT2D eigenvalue weighted by molar-refractivity contribution is -0.0498. The number of aryl methyl sites for hydroxylation is 2. The molecule has 0 N–H and O–H groups in total. The van der Waals surface area contributed by atoms with Crippen LogP contribution in [0.5, 0.6) is 5.75 Å². The summed E-state index contributed by atoms with van der Waals surface area (Å²) in [6, 6.07) is 7.95. The van der Waals surface area contributed by atoms with E-state index in [1.54, 1.807) is 19.2 Å². The van der Waals surface area contributed by atoms with Crippen LogP contribution in [0.2, 0.25) is 0 Å². The van der Waals surface area contributed by atoms with Crippen LogP contribution < -0.4 is 4.74 Å². The van der Waals surface area contributed by atoms with E-state index in [0.717, 1.165) is 17.0 Å². The third kappa shape index (κ3) is 3.76. The van der Waals surface area contributed by atoms with Crippen molar-refractivity contribution in [1.29, 1.82) is 0 Å². The number of rotatable bonds is 5. The molecule has 2 heterocycles. The van der Waals surface area contributed by atoms with Crippen molar-refractivity contribution in [2.24, 2.45) is 0 Å². The van der Waals surface area contributed by atoms with Gasteiger partial charge in [0, 0.05) is 25.0 Å². The number of hydrogen-bond donors (Lipinski definition) is 0. The van der Waals surface area contributed by atoms with Crippen molar-refractivity contribution < 1.29 is 18.3 Å². The normalized spacial score (nSPS) is 11.2. The number of alkyl halides is 2. The highest BCUT2D eigenvalue weighted by atomic mass is 19.3. The fraction of sp³-hybridized carbons (Fsp3) is 0.294. The zero-order chi connectivity index (χ0) is 18.8. The van der Waals surface area contributed by atoms with Crippen LogP contribution in [0.15, 0.2) is 30.3 Å². The van der Waals surface area contributed by atoms with E-state index in [1.165, 1.54) is 21.5 Å². The molecule has 0 atom stereocenters. The second-order valence-corrected chi connectivity index (χ2v) is 5.87. The summed E-state index contributed by atoms with van der Waals surface area (Å²) in [7, 11) is 1.61. The van der Waals surface area contributed by atoms with Gasteiger partial charge in [0.2, 0.25) is 5.82 Å². The van der Waals surface area contributed by atoms with E-state index in [0.29, 0.717) is 5.78 Å². The van der Waals surface area contributed by atoms with Crippen LogP contribution in [0.1, 0.15) is 27.6 Å². The predicted molar refractivity (Wildman–Crippen MR) is 89.1 cm³/mol. The molecule has 0 aliphatic rings. The zero-order valence-electron chi connectivity index (χ0n) is 14.5. The first-order valence-corrected chi connectivity index (χ1v) is 7.83. The molecule has 26 heavy (non-hydrogen) atoms. The maximum atomic E-state index is 12.6. The monoisotopic (exact) mass is 361 g/mol. The molecule has 0 aliphatic heterocycles. The Hall–Kier alpha value is -3.10. The van der Waals surface area contributed by atoms with Gasteiger partial charge in [0.25, 0.3) is 11.7 Å². The Morgan fingerprint density at radius 1 is 1.23 bits per heavy atom. The highest BCUT2D eigenvalue weighted by molar-refractivity contribution is 5.90. The van der Waals surface area contributed by atoms with Gasteiger partial charge in [0.05, 0.1) is 0 Å². The molecule has 7 nitrogen and oxygen atoms in total. The number of ether oxygens (including phenoxy) is 1. The molecule has 136 valence electrons. The molecule has 3 aromatic rings. The number of nitrogens with zero attached hydrogens (tertiary/aromatic N) is 5. The Labute approximate surface area is 148 Å². The minimum absolute atomic E-state index is 0.0475. The molecule has 2 aromatic heterocycles. The van der Waals surface area contributed by atoms with Crippen LogP contribution in [0, 0.1) is 13.8 Å². The third-order valence-electron chi connectivity index (χ3n) is 3.72. The number of benzene rings is 1. The van der Waals surface area contributed by atoms with E-state index in [-0.39, 0.29) is 24.0 Å². The number of hydrogen-bond acceptors (Lipinski definition) is 5. The van der Waals surface area contributed by atoms with Crippen LogP contribution in [0.4, 0.5) is 8.78 Å². The minimum Gasteiger partial charge on any atom is -0.435 e. The first-order chi connectivity index (χ1) is 12.3. The largest absolute Gasteiger partial charge is 0.435 e. The molecule has 1 aromatic carbocycles. The summed E-state index contributed by atoms with van der Waals surface area (Å²) in [6.07, 6.45) is 0. The van der Waals surface area contributed by atoms with Crippen molar-refractivity contribution in [3.8, 4) is 5.75 Å². The van der Waals surface area contributed by atoms with Crippen LogP contribution in [0.25, 0.3) is 5.78 Å². The average molecular weight is 361 g/mol. The molecular formula is C17H17F2N5O2. The van der Waals surface area contributed by atoms with E-state index in [1.807, 2.05) is 19.9 Å². The molecular weight excluding hydrogens is 344 g/mol. The van der Waals surface area contributed by atoms with E-state index in [2.05, 4.69) is 19.8 Å². The first kappa shape index (κ1) is 17.7. The van der Waals surface area contributed by atoms with E-state index >= 15 is 0 Å². The van der Waals surface area contributed by atoms with Gasteiger partial charge in [-0.3, -0.25) is 4.79 Å². The van der Waals surface area contributed by atoms with Crippen molar-refractivity contribution in [3.63, 3.8) is 0 Å². The topological polar surface area (TPSA) is 72.6 Å². The van der Waals surface area contributed by atoms with Crippen molar-refractivity contribution in [2.45, 2.75) is 27.0 Å². The third-order valence-corrected chi connectivity index (χ3v) is 3.72. The molecule has 0 radical (unpaired) electrons. The number of fused-ring (bicyclic) bond motifs is 1. The molecule has 9 heteroatoms. The average Bonchev–Trinajstić information content (AvgIpc) is 2.99. The van der Waals surface area contributed by atoms with Crippen LogP contribution in [0.3, 0.4) is 0 Å². The van der Waals surface area contributed by atoms with Crippen molar-refractivity contribution in [3.05, 3.63) is 53.1 Å². The van der Waals surface area contributed by atoms with Gasteiger partial charge in [-0.1, -0.05) is 12.1 Å². The molecule has 0 saturated carbocycles. The lowest BCUT2D eigenvalue weighted by atomic mass is 10.2. The first-order valence-electron chi connectivity index (χ1n) is 7.83. The van der Waals surface area contributed by atoms with Crippen molar-refractivity contribution >= 4 is 11.7 Å². The molecule has 0 fully saturated rings. The van der Waals surface area contributed by atoms with Crippen LogP contribution in [-0.2, 0) is 6.54 Å². The lowest BCUT2D eigenvalue weighted by Crippen LogP contribution is -2.27. The predicted octanol–water partition coefficient (Wildman–Crippen LogP) is 2.61. The lowest BCUT2D eigenvalue weighted by Gasteiger charge is -2.15. The van der Waals surface area contributed by atoms with Crippen LogP contribution in [-0.4, -0.2) is 44.0 Å². The fourth-order valence-corrected chi connectivity index (χ4v) is 2.55. The number of halogens is 2. The Morgan fingerprint density at radius 2 is 1.92 bits per heavy atom. The molecule has 0 aliphatic carbocycles. The maximum Gasteiger partial charge on any atom is 0.387 e. The minimum atomic E-state index is -2.87. The Bertz CT molecular complexity index is 940. The quantitative estimate of drug-likeness (QED) is 0.698. The van der Waals surface area contributed by atoms with Gasteiger partial charge in [0.1, 0.15) is 5.75 Å². The smallest absolute Gasteiger partial charge is 0.387 e. The molecule has 0 unspecified atom stereocenters. The standard InChI is InChI=1S/C17H17F2N5O2/c1-10-8-11(2)24-17(20-10)21-14(22-24)15(25)23(3)9-12-4-6-13(7-5-12)26-16(18)19/h4-8,16H,9H2,1-3H3. The van der Waals surface area contributed by atoms with Crippen molar-refractivity contribution in [1.82, 2.24) is 24.5 Å². The summed E-state index contributed by atoms with van der Waals surface area (Å²) in [5.41, 5.74) is 2.38. The molecule has 0 bridgehead atoms. The SMILES string of the molecule is Cc1cc(C)n2nc(C(=O)N(C)Cc3ccc(OC(F)F)cc3)nc2n1. The van der Waals surface area contributed by atoms with Crippen molar-refractivity contribution in [2.75, 3.05) is 7.05 Å². The van der Waals surface area contributed by atoms with E-state index in [4.69, 9.17) is 0 Å². The maximum absolute atomic E-state index is 12.6. The van der Waals surface area contributed by atoms with Gasteiger partial charge >= 0.3 is 6.61 Å². The van der Waals surface area contributed by atoms with Crippen LogP contribution >= 0.6 is 0 Å². The Kier molecular flexibility index (Phi) is 4.79. The van der Waals surface area contributed by atoms with Gasteiger partial charge in [-0.05, 0) is 37.6 Å². The number of carbonyl (C=O) groups is 1. The summed E-state index contributed by atoms with van der Waals surface area (Å²) in [6.45, 7) is 1.11. The summed E-state index contributed by atoms with van der Waals surface area (Å²) in [5.74, 6) is 0.122.